The molecule has 1 unspecified atom stereocenters. The van der Waals surface area contributed by atoms with Crippen molar-refractivity contribution in [1.29, 1.82) is 0 Å². The number of hydrogen-bond donors (Lipinski definition) is 1. The lowest BCUT2D eigenvalue weighted by Gasteiger charge is -2.25. The van der Waals surface area contributed by atoms with Crippen molar-refractivity contribution in [2.24, 2.45) is 0 Å². The summed E-state index contributed by atoms with van der Waals surface area (Å²) in [4.78, 5) is 11.3. The highest BCUT2D eigenvalue weighted by Crippen LogP contribution is 2.36. The number of thiophene rings is 1. The first kappa shape index (κ1) is 11.7. The van der Waals surface area contributed by atoms with E-state index in [9.17, 15) is 4.79 Å². The van der Waals surface area contributed by atoms with Crippen LogP contribution in [0.25, 0.3) is 10.1 Å². The zero-order valence-corrected chi connectivity index (χ0v) is 11.6. The molecular weight excluding hydrogens is 242 g/mol. The van der Waals surface area contributed by atoms with Gasteiger partial charge in [0.15, 0.2) is 0 Å². The van der Waals surface area contributed by atoms with Gasteiger partial charge in [0.1, 0.15) is 0 Å². The molecule has 1 amide bonds. The number of carbonyl (C=O) groups is 1. The minimum absolute atomic E-state index is 0.0731. The molecule has 0 fully saturated rings. The van der Waals surface area contributed by atoms with Gasteiger partial charge in [-0.2, -0.15) is 0 Å². The summed E-state index contributed by atoms with van der Waals surface area (Å²) in [5, 5.41) is 6.78. The molecule has 1 heterocycles. The minimum Gasteiger partial charge on any atom is -0.353 e. The van der Waals surface area contributed by atoms with Gasteiger partial charge in [-0.3, -0.25) is 4.79 Å². The lowest BCUT2D eigenvalue weighted by Crippen LogP contribution is -2.38. The second-order valence-corrected chi connectivity index (χ2v) is 5.91. The van der Waals surface area contributed by atoms with Gasteiger partial charge in [-0.1, -0.05) is 13.0 Å². The van der Waals surface area contributed by atoms with E-state index in [4.69, 9.17) is 0 Å². The summed E-state index contributed by atoms with van der Waals surface area (Å²) in [6.07, 6.45) is 3.01. The topological polar surface area (TPSA) is 29.1 Å². The Balaban J connectivity index is 2.09. The highest BCUT2D eigenvalue weighted by Gasteiger charge is 2.24. The average Bonchev–Trinajstić information content (AvgIpc) is 2.73. The van der Waals surface area contributed by atoms with E-state index in [1.807, 2.05) is 11.3 Å². The molecule has 94 valence electrons. The molecule has 0 radical (unpaired) electrons. The van der Waals surface area contributed by atoms with Crippen molar-refractivity contribution >= 4 is 27.3 Å². The largest absolute Gasteiger partial charge is 0.353 e. The molecule has 3 heteroatoms. The van der Waals surface area contributed by atoms with E-state index < -0.39 is 0 Å². The molecule has 0 saturated heterocycles. The fourth-order valence-corrected chi connectivity index (χ4v) is 4.00. The number of aryl methyl sites for hydroxylation is 1. The third kappa shape index (κ3) is 1.83. The number of hydrogen-bond acceptors (Lipinski definition) is 2. The Kier molecular flexibility index (Phi) is 2.86. The van der Waals surface area contributed by atoms with Gasteiger partial charge >= 0.3 is 0 Å². The third-order valence-electron chi connectivity index (χ3n) is 3.73. The molecule has 0 spiro atoms. The van der Waals surface area contributed by atoms with E-state index in [1.54, 1.807) is 6.92 Å². The number of amides is 1. The summed E-state index contributed by atoms with van der Waals surface area (Å²) in [5.41, 5.74) is 4.29. The second kappa shape index (κ2) is 4.39. The molecule has 0 bridgehead atoms. The van der Waals surface area contributed by atoms with Crippen LogP contribution in [0.2, 0.25) is 0 Å². The van der Waals surface area contributed by atoms with Crippen molar-refractivity contribution in [3.63, 3.8) is 0 Å². The molecule has 0 saturated carbocycles. The van der Waals surface area contributed by atoms with E-state index in [-0.39, 0.29) is 11.9 Å². The van der Waals surface area contributed by atoms with Crippen LogP contribution >= 0.6 is 11.3 Å². The van der Waals surface area contributed by atoms with Crippen molar-refractivity contribution in [1.82, 2.24) is 5.32 Å². The Morgan fingerprint density at radius 3 is 3.00 bits per heavy atom. The van der Waals surface area contributed by atoms with Crippen molar-refractivity contribution in [3.8, 4) is 0 Å². The van der Waals surface area contributed by atoms with Gasteiger partial charge in [-0.05, 0) is 52.8 Å². The van der Waals surface area contributed by atoms with E-state index in [0.717, 1.165) is 19.3 Å². The summed E-state index contributed by atoms with van der Waals surface area (Å²) in [7, 11) is 0. The van der Waals surface area contributed by atoms with Crippen molar-refractivity contribution < 1.29 is 4.79 Å². The van der Waals surface area contributed by atoms with Gasteiger partial charge in [0.05, 0.1) is 0 Å². The molecule has 2 nitrogen and oxygen atoms in total. The first-order chi connectivity index (χ1) is 8.69. The van der Waals surface area contributed by atoms with Crippen LogP contribution in [0.15, 0.2) is 17.5 Å². The third-order valence-corrected chi connectivity index (χ3v) is 4.72. The molecular formula is C15H17NOS. The number of benzene rings is 1. The van der Waals surface area contributed by atoms with Crippen molar-refractivity contribution in [2.75, 3.05) is 0 Å². The predicted molar refractivity (Wildman–Crippen MR) is 76.2 cm³/mol. The highest BCUT2D eigenvalue weighted by atomic mass is 32.1. The molecule has 1 N–H and O–H groups in total. The standard InChI is InChI=1S/C15H17NOS/c1-3-10-4-5-14-15-11(8-18-14)6-12(7-13(10)15)16-9(2)17/h4-5,8,12H,3,6-7H2,1-2H3,(H,16,17). The number of carbonyl (C=O) groups excluding carboxylic acids is 1. The Labute approximate surface area is 111 Å². The fraction of sp³-hybridized carbons (Fsp3) is 0.400. The van der Waals surface area contributed by atoms with Crippen LogP contribution in [0.3, 0.4) is 0 Å². The Bertz CT molecular complexity index is 614. The number of rotatable bonds is 2. The van der Waals surface area contributed by atoms with Gasteiger partial charge in [-0.15, -0.1) is 11.3 Å². The number of nitrogens with one attached hydrogen (secondary N) is 1. The van der Waals surface area contributed by atoms with Gasteiger partial charge in [0.25, 0.3) is 0 Å². The van der Waals surface area contributed by atoms with Crippen LogP contribution in [-0.2, 0) is 24.1 Å². The first-order valence-electron chi connectivity index (χ1n) is 6.47. The molecule has 1 aliphatic rings. The summed E-state index contributed by atoms with van der Waals surface area (Å²) >= 11 is 1.82. The van der Waals surface area contributed by atoms with Gasteiger partial charge in [-0.25, -0.2) is 0 Å². The van der Waals surface area contributed by atoms with Crippen LogP contribution in [0.5, 0.6) is 0 Å². The maximum absolute atomic E-state index is 11.3. The molecule has 18 heavy (non-hydrogen) atoms. The van der Waals surface area contributed by atoms with Gasteiger partial charge < -0.3 is 5.32 Å². The Morgan fingerprint density at radius 2 is 2.28 bits per heavy atom. The minimum atomic E-state index is 0.0731. The van der Waals surface area contributed by atoms with Crippen LogP contribution in [0, 0.1) is 0 Å². The zero-order chi connectivity index (χ0) is 12.7. The lowest BCUT2D eigenvalue weighted by atomic mass is 9.86. The van der Waals surface area contributed by atoms with Crippen molar-refractivity contribution in [3.05, 3.63) is 34.2 Å². The first-order valence-corrected chi connectivity index (χ1v) is 7.35. The van der Waals surface area contributed by atoms with Crippen LogP contribution in [-0.4, -0.2) is 11.9 Å². The fourth-order valence-electron chi connectivity index (χ4n) is 3.00. The summed E-state index contributed by atoms with van der Waals surface area (Å²) in [5.74, 6) is 0.0731. The maximum Gasteiger partial charge on any atom is 0.217 e. The predicted octanol–water partition coefficient (Wildman–Crippen LogP) is 3.07. The molecule has 2 aromatic rings. The van der Waals surface area contributed by atoms with Crippen LogP contribution in [0.1, 0.15) is 30.5 Å². The summed E-state index contributed by atoms with van der Waals surface area (Å²) in [6.45, 7) is 3.80. The lowest BCUT2D eigenvalue weighted by molar-refractivity contribution is -0.119. The second-order valence-electron chi connectivity index (χ2n) is 5.00. The Hall–Kier alpha value is -1.35. The Morgan fingerprint density at radius 1 is 1.44 bits per heavy atom. The molecule has 1 aromatic carbocycles. The van der Waals surface area contributed by atoms with Crippen LogP contribution < -0.4 is 5.32 Å². The molecule has 3 rings (SSSR count). The molecule has 0 aliphatic heterocycles. The van der Waals surface area contributed by atoms with Crippen molar-refractivity contribution in [2.45, 2.75) is 39.2 Å². The zero-order valence-electron chi connectivity index (χ0n) is 10.7. The quantitative estimate of drug-likeness (QED) is 0.882. The van der Waals surface area contributed by atoms with Gasteiger partial charge in [0, 0.05) is 17.7 Å². The molecule has 1 aliphatic carbocycles. The smallest absolute Gasteiger partial charge is 0.217 e. The maximum atomic E-state index is 11.3. The summed E-state index contributed by atoms with van der Waals surface area (Å²) in [6, 6.07) is 4.75. The summed E-state index contributed by atoms with van der Waals surface area (Å²) < 4.78 is 1.39. The highest BCUT2D eigenvalue weighted by molar-refractivity contribution is 7.17. The SMILES string of the molecule is CCc1ccc2scc3c2c1CC(NC(C)=O)C3. The van der Waals surface area contributed by atoms with Crippen LogP contribution in [0.4, 0.5) is 0 Å². The van der Waals surface area contributed by atoms with E-state index in [2.05, 4.69) is 29.8 Å². The molecule has 1 atom stereocenters. The van der Waals surface area contributed by atoms with E-state index >= 15 is 0 Å². The molecule has 1 aromatic heterocycles. The normalized spacial score (nSPS) is 18.0. The van der Waals surface area contributed by atoms with E-state index in [0.29, 0.717) is 0 Å². The monoisotopic (exact) mass is 259 g/mol. The van der Waals surface area contributed by atoms with Gasteiger partial charge in [0.2, 0.25) is 5.91 Å². The van der Waals surface area contributed by atoms with E-state index in [1.165, 1.54) is 26.8 Å². The average molecular weight is 259 g/mol.